The van der Waals surface area contributed by atoms with Crippen LogP contribution in [0.15, 0.2) is 0 Å². The lowest BCUT2D eigenvalue weighted by atomic mass is 10.5. The monoisotopic (exact) mass is 917 g/mol. The zero-order valence-electron chi connectivity index (χ0n) is 31.5. The van der Waals surface area contributed by atoms with E-state index in [-0.39, 0.29) is 66.8 Å². The van der Waals surface area contributed by atoms with Gasteiger partial charge in [0, 0.05) is 77.0 Å². The van der Waals surface area contributed by atoms with Gasteiger partial charge in [0.2, 0.25) is 0 Å². The highest BCUT2D eigenvalue weighted by molar-refractivity contribution is 6.61. The van der Waals surface area contributed by atoms with Gasteiger partial charge in [0.25, 0.3) is 0 Å². The molecular weight excluding hydrogens is 805 g/mol. The Labute approximate surface area is 362 Å². The lowest BCUT2D eigenvalue weighted by Gasteiger charge is -2.28. The van der Waals surface area contributed by atoms with Crippen molar-refractivity contribution in [3.8, 4) is 0 Å². The first-order chi connectivity index (χ1) is 22.7. The van der Waals surface area contributed by atoms with Crippen LogP contribution in [0.4, 0.5) is 0 Å². The minimum absolute atomic E-state index is 0. The zero-order valence-corrected chi connectivity index (χ0v) is 35.5. The molecule has 0 aromatic rings. The van der Waals surface area contributed by atoms with Crippen LogP contribution < -0.4 is 22.9 Å². The summed E-state index contributed by atoms with van der Waals surface area (Å²) in [6.07, 6.45) is 3.01. The molecule has 20 heteroatoms. The second kappa shape index (κ2) is 62.9. The van der Waals surface area contributed by atoms with E-state index < -0.39 is 35.2 Å². The number of rotatable bonds is 28. The molecule has 0 aromatic heterocycles. The Morgan fingerprint density at radius 1 is 0.298 bits per heavy atom. The summed E-state index contributed by atoms with van der Waals surface area (Å²) in [6, 6.07) is 2.24. The van der Waals surface area contributed by atoms with Crippen molar-refractivity contribution in [1.82, 2.24) is 0 Å². The minimum Gasteiger partial charge on any atom is -0.390 e. The average Bonchev–Trinajstić information content (AvgIpc) is 3.03. The van der Waals surface area contributed by atoms with Crippen LogP contribution in [0.5, 0.6) is 0 Å². The number of nitrogens with two attached hydrogens (primary N) is 4. The SMILES string of the molecule is C.C.C.C.C.C.C.C.C.CCO[Si](CCCN)(OCC)OCC.CCO[Si](CCCN)(OCC)OCC.CCO[Si](O)(O)CCCN.CCO[Si](O)(O)CCCN. The van der Waals surface area contributed by atoms with Gasteiger partial charge < -0.3 is 77.5 Å². The third kappa shape index (κ3) is 60.6. The van der Waals surface area contributed by atoms with E-state index in [1.165, 1.54) is 0 Å². The molecule has 57 heavy (non-hydrogen) atoms. The summed E-state index contributed by atoms with van der Waals surface area (Å²) in [5.41, 5.74) is 21.3. The van der Waals surface area contributed by atoms with Crippen LogP contribution >= 0.6 is 0 Å². The zero-order chi connectivity index (χ0) is 37.8. The third-order valence-electron chi connectivity index (χ3n) is 5.72. The molecule has 0 unspecified atom stereocenters. The van der Waals surface area contributed by atoms with Crippen molar-refractivity contribution < 1.29 is 54.6 Å². The van der Waals surface area contributed by atoms with Gasteiger partial charge in [-0.3, -0.25) is 0 Å². The van der Waals surface area contributed by atoms with Crippen molar-refractivity contribution in [3.05, 3.63) is 0 Å². The highest BCUT2D eigenvalue weighted by Crippen LogP contribution is 2.18. The van der Waals surface area contributed by atoms with Crippen LogP contribution in [0.3, 0.4) is 0 Å². The molecule has 0 aromatic carbocycles. The first-order valence-corrected chi connectivity index (χ1v) is 25.4. The predicted octanol–water partition coefficient (Wildman–Crippen LogP) is 7.08. The Morgan fingerprint density at radius 2 is 0.456 bits per heavy atom. The highest BCUT2D eigenvalue weighted by atomic mass is 28.4. The van der Waals surface area contributed by atoms with E-state index in [4.69, 9.17) is 77.5 Å². The molecule has 0 radical (unpaired) electrons. The molecule has 16 nitrogen and oxygen atoms in total. The van der Waals surface area contributed by atoms with Crippen molar-refractivity contribution in [1.29, 1.82) is 0 Å². The third-order valence-corrected chi connectivity index (χ3v) is 15.5. The summed E-state index contributed by atoms with van der Waals surface area (Å²) >= 11 is 0. The van der Waals surface area contributed by atoms with Gasteiger partial charge in [-0.15, -0.1) is 0 Å². The first kappa shape index (κ1) is 92.5. The Bertz CT molecular complexity index is 576. The van der Waals surface area contributed by atoms with Gasteiger partial charge in [0.15, 0.2) is 0 Å². The maximum atomic E-state index is 9.06. The fourth-order valence-electron chi connectivity index (χ4n) is 3.91. The van der Waals surface area contributed by atoms with Crippen LogP contribution in [-0.4, -0.2) is 133 Å². The molecular formula is C37H112N4O12Si4. The fourth-order valence-corrected chi connectivity index (χ4v) is 11.7. The Balaban J connectivity index is -0.0000000395. The molecule has 0 saturated heterocycles. The molecule has 0 rings (SSSR count). The first-order valence-electron chi connectivity index (χ1n) is 17.5. The van der Waals surface area contributed by atoms with Crippen molar-refractivity contribution in [2.24, 2.45) is 22.9 Å². The Hall–Kier alpha value is 0.228. The van der Waals surface area contributed by atoms with Gasteiger partial charge in [-0.1, -0.05) is 66.8 Å². The van der Waals surface area contributed by atoms with Gasteiger partial charge in [-0.2, -0.15) is 0 Å². The van der Waals surface area contributed by atoms with E-state index in [0.717, 1.165) is 24.9 Å². The predicted molar refractivity (Wildman–Crippen MR) is 259 cm³/mol. The number of hydrogen-bond acceptors (Lipinski definition) is 16. The molecule has 0 aliphatic carbocycles. The van der Waals surface area contributed by atoms with E-state index >= 15 is 0 Å². The molecule has 368 valence electrons. The van der Waals surface area contributed by atoms with Crippen LogP contribution in [0, 0.1) is 0 Å². The van der Waals surface area contributed by atoms with Crippen LogP contribution in [-0.2, 0) is 35.4 Å². The fraction of sp³-hybridized carbons (Fsp3) is 1.00. The summed E-state index contributed by atoms with van der Waals surface area (Å²) in [6.45, 7) is 22.0. The van der Waals surface area contributed by atoms with E-state index in [1.807, 2.05) is 41.5 Å². The van der Waals surface area contributed by atoms with Crippen LogP contribution in [0.25, 0.3) is 0 Å². The maximum Gasteiger partial charge on any atom is 0.500 e. The van der Waals surface area contributed by atoms with Gasteiger partial charge in [0.05, 0.1) is 0 Å². The van der Waals surface area contributed by atoms with E-state index in [2.05, 4.69) is 0 Å². The molecule has 0 atom stereocenters. The van der Waals surface area contributed by atoms with Gasteiger partial charge in [-0.25, -0.2) is 0 Å². The Morgan fingerprint density at radius 3 is 0.596 bits per heavy atom. The highest BCUT2D eigenvalue weighted by Gasteiger charge is 2.40. The quantitative estimate of drug-likeness (QED) is 0.0365. The standard InChI is InChI=1S/2C9H23NO3Si.2C5H15NO3Si.9CH4/c2*1-4-11-14(12-5-2,13-6-3)9-7-8-10;2*1-2-9-10(7,8)5-3-4-6;;;;;;;;;/h2*4-10H2,1-3H3;2*7-8H,2-6H2,1H3;9*1H4. The molecule has 12 N–H and O–H groups in total. The minimum atomic E-state index is -3.30. The summed E-state index contributed by atoms with van der Waals surface area (Å²) < 4.78 is 43.4. The lowest BCUT2D eigenvalue weighted by molar-refractivity contribution is 0.0702. The second-order valence-corrected chi connectivity index (χ2v) is 19.9. The van der Waals surface area contributed by atoms with E-state index in [1.54, 1.807) is 13.8 Å². The van der Waals surface area contributed by atoms with E-state index in [0.29, 0.717) is 104 Å². The van der Waals surface area contributed by atoms with Gasteiger partial charge in [0.1, 0.15) is 0 Å². The largest absolute Gasteiger partial charge is 0.500 e. The van der Waals surface area contributed by atoms with Crippen molar-refractivity contribution in [2.75, 3.05) is 79.0 Å². The normalized spacial score (nSPS) is 10.1. The van der Waals surface area contributed by atoms with Crippen LogP contribution in [0.1, 0.15) is 148 Å². The lowest BCUT2D eigenvalue weighted by Crippen LogP contribution is -2.46. The molecule has 0 fully saturated rings. The van der Waals surface area contributed by atoms with Crippen molar-refractivity contribution in [2.45, 2.75) is 172 Å². The second-order valence-electron chi connectivity index (χ2n) is 9.89. The maximum absolute atomic E-state index is 9.06. The van der Waals surface area contributed by atoms with Crippen molar-refractivity contribution >= 4 is 35.2 Å². The van der Waals surface area contributed by atoms with Crippen LogP contribution in [0.2, 0.25) is 24.2 Å². The average molecular weight is 918 g/mol. The van der Waals surface area contributed by atoms with E-state index in [9.17, 15) is 0 Å². The molecule has 0 amide bonds. The Kier molecular flexibility index (Phi) is 102. The summed E-state index contributed by atoms with van der Waals surface area (Å²) in [7, 11) is -11.4. The number of hydrogen-bond donors (Lipinski definition) is 8. The molecule has 0 spiro atoms. The van der Waals surface area contributed by atoms with Gasteiger partial charge in [-0.05, 0) is 107 Å². The molecule has 0 saturated carbocycles. The van der Waals surface area contributed by atoms with Crippen molar-refractivity contribution in [3.63, 3.8) is 0 Å². The molecule has 0 aliphatic rings. The molecule has 0 aliphatic heterocycles. The van der Waals surface area contributed by atoms with Gasteiger partial charge >= 0.3 is 35.2 Å². The molecule has 0 heterocycles. The topological polar surface area (TPSA) is 259 Å². The summed E-state index contributed by atoms with van der Waals surface area (Å²) in [5.74, 6) is 0. The summed E-state index contributed by atoms with van der Waals surface area (Å²) in [5, 5.41) is 0. The smallest absolute Gasteiger partial charge is 0.390 e. The summed E-state index contributed by atoms with van der Waals surface area (Å²) in [4.78, 5) is 36.2. The molecule has 0 bridgehead atoms.